The van der Waals surface area contributed by atoms with E-state index >= 15 is 0 Å². The number of rotatable bonds is 6. The maximum Gasteiger partial charge on any atom is 0.323 e. The van der Waals surface area contributed by atoms with Crippen LogP contribution in [0.25, 0.3) is 0 Å². The molecular formula is C11H21N5O. The lowest BCUT2D eigenvalue weighted by Gasteiger charge is -2.28. The minimum absolute atomic E-state index is 0.0444. The SMILES string of the molecule is CCOc1nc(N)nc(NC(C)(CC)CC)n1. The first kappa shape index (κ1) is 13.5. The Morgan fingerprint density at radius 3 is 2.35 bits per heavy atom. The lowest BCUT2D eigenvalue weighted by Crippen LogP contribution is -2.34. The Kier molecular flexibility index (Phi) is 4.48. The van der Waals surface area contributed by atoms with Crippen LogP contribution in [0.5, 0.6) is 6.01 Å². The largest absolute Gasteiger partial charge is 0.464 e. The van der Waals surface area contributed by atoms with E-state index in [1.54, 1.807) is 0 Å². The van der Waals surface area contributed by atoms with Gasteiger partial charge in [0.1, 0.15) is 0 Å². The van der Waals surface area contributed by atoms with Crippen LogP contribution in [0.3, 0.4) is 0 Å². The topological polar surface area (TPSA) is 86.0 Å². The van der Waals surface area contributed by atoms with Crippen molar-refractivity contribution in [2.75, 3.05) is 17.7 Å². The lowest BCUT2D eigenvalue weighted by molar-refractivity contribution is 0.312. The second kappa shape index (κ2) is 5.65. The van der Waals surface area contributed by atoms with Gasteiger partial charge in [-0.1, -0.05) is 13.8 Å². The average molecular weight is 239 g/mol. The summed E-state index contributed by atoms with van der Waals surface area (Å²) < 4.78 is 5.23. The van der Waals surface area contributed by atoms with Gasteiger partial charge in [-0.15, -0.1) is 0 Å². The van der Waals surface area contributed by atoms with Gasteiger partial charge in [0.25, 0.3) is 0 Å². The summed E-state index contributed by atoms with van der Waals surface area (Å²) in [4.78, 5) is 12.1. The monoisotopic (exact) mass is 239 g/mol. The molecule has 0 aliphatic rings. The first-order chi connectivity index (χ1) is 8.03. The molecule has 3 N–H and O–H groups in total. The summed E-state index contributed by atoms with van der Waals surface area (Å²) in [5, 5.41) is 3.27. The van der Waals surface area contributed by atoms with Crippen LogP contribution in [0.4, 0.5) is 11.9 Å². The third kappa shape index (κ3) is 3.72. The molecule has 6 nitrogen and oxygen atoms in total. The predicted octanol–water partition coefficient (Wildman–Crippen LogP) is 1.84. The van der Waals surface area contributed by atoms with Crippen molar-refractivity contribution in [2.45, 2.75) is 46.1 Å². The molecule has 1 aromatic heterocycles. The fourth-order valence-corrected chi connectivity index (χ4v) is 1.32. The summed E-state index contributed by atoms with van der Waals surface area (Å²) in [5.41, 5.74) is 5.56. The quantitative estimate of drug-likeness (QED) is 0.787. The summed E-state index contributed by atoms with van der Waals surface area (Å²) in [7, 11) is 0. The second-order valence-electron chi connectivity index (χ2n) is 4.13. The van der Waals surface area contributed by atoms with Gasteiger partial charge >= 0.3 is 6.01 Å². The molecule has 1 rings (SSSR count). The molecule has 0 bridgehead atoms. The molecule has 0 saturated carbocycles. The van der Waals surface area contributed by atoms with E-state index < -0.39 is 0 Å². The first-order valence-corrected chi connectivity index (χ1v) is 5.95. The van der Waals surface area contributed by atoms with Gasteiger partial charge in [-0.3, -0.25) is 0 Å². The Balaban J connectivity index is 2.90. The Labute approximate surface area is 102 Å². The van der Waals surface area contributed by atoms with Gasteiger partial charge in [-0.05, 0) is 26.7 Å². The molecule has 0 aromatic carbocycles. The molecule has 6 heteroatoms. The van der Waals surface area contributed by atoms with Gasteiger partial charge in [-0.2, -0.15) is 15.0 Å². The number of nitrogens with zero attached hydrogens (tertiary/aromatic N) is 3. The van der Waals surface area contributed by atoms with Crippen LogP contribution in [-0.4, -0.2) is 27.1 Å². The second-order valence-corrected chi connectivity index (χ2v) is 4.13. The number of nitrogen functional groups attached to an aromatic ring is 1. The maximum absolute atomic E-state index is 5.61. The third-order valence-corrected chi connectivity index (χ3v) is 2.88. The van der Waals surface area contributed by atoms with Crippen LogP contribution in [0.2, 0.25) is 0 Å². The van der Waals surface area contributed by atoms with E-state index in [2.05, 4.69) is 41.0 Å². The van der Waals surface area contributed by atoms with Crippen molar-refractivity contribution in [1.82, 2.24) is 15.0 Å². The van der Waals surface area contributed by atoms with Crippen molar-refractivity contribution < 1.29 is 4.74 Å². The summed E-state index contributed by atoms with van der Waals surface area (Å²) in [6, 6.07) is 0.261. The normalized spacial score (nSPS) is 11.3. The Morgan fingerprint density at radius 1 is 1.18 bits per heavy atom. The van der Waals surface area contributed by atoms with Crippen LogP contribution < -0.4 is 15.8 Å². The highest BCUT2D eigenvalue weighted by Gasteiger charge is 2.21. The highest BCUT2D eigenvalue weighted by Crippen LogP contribution is 2.20. The molecule has 0 unspecified atom stereocenters. The average Bonchev–Trinajstić information content (AvgIpc) is 2.28. The molecule has 0 saturated heterocycles. The zero-order valence-corrected chi connectivity index (χ0v) is 10.9. The summed E-state index contributed by atoms with van der Waals surface area (Å²) >= 11 is 0. The number of anilines is 2. The standard InChI is InChI=1S/C11H21N5O/c1-5-11(4,6-2)16-9-13-8(12)14-10(15-9)17-7-3/h5-7H2,1-4H3,(H3,12,13,14,15,16). The van der Waals surface area contributed by atoms with Crippen LogP contribution in [0.15, 0.2) is 0 Å². The lowest BCUT2D eigenvalue weighted by atomic mass is 9.96. The number of nitrogens with two attached hydrogens (primary N) is 1. The van der Waals surface area contributed by atoms with Crippen molar-refractivity contribution in [3.05, 3.63) is 0 Å². The van der Waals surface area contributed by atoms with Crippen LogP contribution >= 0.6 is 0 Å². The fraction of sp³-hybridized carbons (Fsp3) is 0.727. The van der Waals surface area contributed by atoms with Crippen LogP contribution in [0, 0.1) is 0 Å². The van der Waals surface area contributed by atoms with Gasteiger partial charge in [0, 0.05) is 5.54 Å². The number of nitrogens with one attached hydrogen (secondary N) is 1. The van der Waals surface area contributed by atoms with E-state index in [9.17, 15) is 0 Å². The Morgan fingerprint density at radius 2 is 1.82 bits per heavy atom. The maximum atomic E-state index is 5.61. The van der Waals surface area contributed by atoms with Crippen molar-refractivity contribution in [1.29, 1.82) is 0 Å². The predicted molar refractivity (Wildman–Crippen MR) is 68.0 cm³/mol. The molecular weight excluding hydrogens is 218 g/mol. The van der Waals surface area contributed by atoms with Gasteiger partial charge in [0.05, 0.1) is 6.61 Å². The molecule has 0 fully saturated rings. The minimum atomic E-state index is -0.0444. The Hall–Kier alpha value is -1.59. The smallest absolute Gasteiger partial charge is 0.323 e. The fourth-order valence-electron chi connectivity index (χ4n) is 1.32. The van der Waals surface area contributed by atoms with Gasteiger partial charge < -0.3 is 15.8 Å². The summed E-state index contributed by atoms with van der Waals surface area (Å²) in [5.74, 6) is 0.632. The van der Waals surface area contributed by atoms with Crippen molar-refractivity contribution in [3.63, 3.8) is 0 Å². The molecule has 0 amide bonds. The highest BCUT2D eigenvalue weighted by molar-refractivity contribution is 5.35. The zero-order chi connectivity index (χ0) is 12.9. The molecule has 0 radical (unpaired) electrons. The molecule has 0 aliphatic carbocycles. The number of hydrogen-bond donors (Lipinski definition) is 2. The number of hydrogen-bond acceptors (Lipinski definition) is 6. The molecule has 1 heterocycles. The molecule has 1 aromatic rings. The van der Waals surface area contributed by atoms with Crippen LogP contribution in [0.1, 0.15) is 40.5 Å². The summed E-state index contributed by atoms with van der Waals surface area (Å²) in [6.45, 7) is 8.72. The highest BCUT2D eigenvalue weighted by atomic mass is 16.5. The third-order valence-electron chi connectivity index (χ3n) is 2.88. The van der Waals surface area contributed by atoms with Gasteiger partial charge in [-0.25, -0.2) is 0 Å². The molecule has 17 heavy (non-hydrogen) atoms. The van der Waals surface area contributed by atoms with E-state index in [1.807, 2.05) is 6.92 Å². The van der Waals surface area contributed by atoms with E-state index in [0.29, 0.717) is 12.6 Å². The van der Waals surface area contributed by atoms with E-state index in [4.69, 9.17) is 10.5 Å². The van der Waals surface area contributed by atoms with Gasteiger partial charge in [0.2, 0.25) is 11.9 Å². The Bertz CT molecular complexity index is 365. The number of aromatic nitrogens is 3. The van der Waals surface area contributed by atoms with E-state index in [1.165, 1.54) is 0 Å². The van der Waals surface area contributed by atoms with E-state index in [0.717, 1.165) is 12.8 Å². The zero-order valence-electron chi connectivity index (χ0n) is 10.9. The van der Waals surface area contributed by atoms with Crippen molar-refractivity contribution >= 4 is 11.9 Å². The van der Waals surface area contributed by atoms with Crippen molar-refractivity contribution in [3.8, 4) is 6.01 Å². The number of ether oxygens (including phenoxy) is 1. The molecule has 0 atom stereocenters. The molecule has 96 valence electrons. The summed E-state index contributed by atoms with van der Waals surface area (Å²) in [6.07, 6.45) is 1.94. The van der Waals surface area contributed by atoms with Crippen LogP contribution in [-0.2, 0) is 0 Å². The minimum Gasteiger partial charge on any atom is -0.464 e. The van der Waals surface area contributed by atoms with E-state index in [-0.39, 0.29) is 17.5 Å². The molecule has 0 spiro atoms. The van der Waals surface area contributed by atoms with Gasteiger partial charge in [0.15, 0.2) is 0 Å². The molecule has 0 aliphatic heterocycles. The van der Waals surface area contributed by atoms with Crippen molar-refractivity contribution in [2.24, 2.45) is 0 Å². The first-order valence-electron chi connectivity index (χ1n) is 5.95.